The average molecular weight is 757 g/mol. The third-order valence-corrected chi connectivity index (χ3v) is 8.83. The Labute approximate surface area is 304 Å². The fourth-order valence-corrected chi connectivity index (χ4v) is 5.87. The first-order chi connectivity index (χ1) is 25.6. The van der Waals surface area contributed by atoms with Crippen molar-refractivity contribution in [1.82, 2.24) is 0 Å². The minimum Gasteiger partial charge on any atom is -0.508 e. The molecule has 0 aliphatic carbocycles. The molecule has 0 saturated carbocycles. The van der Waals surface area contributed by atoms with Crippen molar-refractivity contribution >= 4 is 23.0 Å². The van der Waals surface area contributed by atoms with Gasteiger partial charge in [-0.1, -0.05) is 12.1 Å². The van der Waals surface area contributed by atoms with Crippen LogP contribution in [0.4, 0.5) is 0 Å². The molecule has 0 amide bonds. The molecule has 2 saturated heterocycles. The van der Waals surface area contributed by atoms with Crippen LogP contribution in [-0.2, 0) is 23.7 Å². The molecule has 54 heavy (non-hydrogen) atoms. The van der Waals surface area contributed by atoms with Crippen LogP contribution in [0.25, 0.3) is 28.4 Å². The Balaban J connectivity index is 1.28. The largest absolute Gasteiger partial charge is 0.508 e. The number of phenolic OH excluding ortho intramolecular Hbond substituents is 5. The third-order valence-electron chi connectivity index (χ3n) is 8.83. The number of aliphatic hydroxyl groups is 5. The van der Waals surface area contributed by atoms with Gasteiger partial charge in [0, 0.05) is 23.8 Å². The van der Waals surface area contributed by atoms with Gasteiger partial charge in [-0.2, -0.15) is 0 Å². The molecule has 288 valence electrons. The van der Waals surface area contributed by atoms with Crippen LogP contribution in [0, 0.1) is 0 Å². The van der Waals surface area contributed by atoms with E-state index in [4.69, 9.17) is 28.1 Å². The number of aromatic hydroxyl groups is 5. The molecule has 0 spiro atoms. The average Bonchev–Trinajstić information content (AvgIpc) is 3.13. The Bertz CT molecular complexity index is 2080. The van der Waals surface area contributed by atoms with Crippen LogP contribution in [0.1, 0.15) is 12.5 Å². The maximum absolute atomic E-state index is 13.9. The van der Waals surface area contributed by atoms with E-state index in [-0.39, 0.29) is 16.9 Å². The number of hydrogen-bond donors (Lipinski definition) is 10. The zero-order valence-corrected chi connectivity index (χ0v) is 28.1. The van der Waals surface area contributed by atoms with E-state index in [1.54, 1.807) is 0 Å². The Morgan fingerprint density at radius 1 is 0.759 bits per heavy atom. The van der Waals surface area contributed by atoms with Crippen molar-refractivity contribution in [3.05, 3.63) is 76.5 Å². The van der Waals surface area contributed by atoms with Crippen LogP contribution in [0.2, 0.25) is 0 Å². The van der Waals surface area contributed by atoms with Crippen molar-refractivity contribution < 1.29 is 84.0 Å². The predicted molar refractivity (Wildman–Crippen MR) is 181 cm³/mol. The summed E-state index contributed by atoms with van der Waals surface area (Å²) in [5.74, 6) is -4.31. The molecular weight excluding hydrogens is 720 g/mol. The summed E-state index contributed by atoms with van der Waals surface area (Å²) in [5.41, 5.74) is -0.858. The first kappa shape index (κ1) is 38.3. The SMILES string of the molecule is C[C@@H]1O[C@@H](Oc2c(-c3ccc(O)c(O)c3)oc3cc(O)cc(O)c3c2=O)C(O[C@H]2O[C@H](COC(=O)/C=C\c3ccc(O)cc3)[C@@H](O)[C@H](O)[C@H]2O)[C@H](O)[C@H]1O. The summed E-state index contributed by atoms with van der Waals surface area (Å²) in [4.78, 5) is 26.3. The van der Waals surface area contributed by atoms with E-state index in [1.807, 2.05) is 0 Å². The van der Waals surface area contributed by atoms with Crippen LogP contribution in [0.3, 0.4) is 0 Å². The van der Waals surface area contributed by atoms with Crippen molar-refractivity contribution in [3.8, 4) is 45.8 Å². The molecule has 4 aromatic rings. The van der Waals surface area contributed by atoms with E-state index in [1.165, 1.54) is 43.3 Å². The lowest BCUT2D eigenvalue weighted by atomic mass is 9.97. The Hall–Kier alpha value is -5.44. The Morgan fingerprint density at radius 2 is 1.48 bits per heavy atom. The molecule has 10 N–H and O–H groups in total. The summed E-state index contributed by atoms with van der Waals surface area (Å²) in [6, 6.07) is 11.1. The number of aliphatic hydroxyl groups excluding tert-OH is 5. The molecule has 6 rings (SSSR count). The summed E-state index contributed by atoms with van der Waals surface area (Å²) in [6.07, 6.45) is -15.2. The molecule has 1 aromatic heterocycles. The zero-order valence-electron chi connectivity index (χ0n) is 28.1. The number of benzene rings is 3. The van der Waals surface area contributed by atoms with Gasteiger partial charge in [0.1, 0.15) is 71.4 Å². The normalized spacial score (nSPS) is 28.6. The van der Waals surface area contributed by atoms with Crippen molar-refractivity contribution in [2.24, 2.45) is 0 Å². The summed E-state index contributed by atoms with van der Waals surface area (Å²) >= 11 is 0. The van der Waals surface area contributed by atoms with E-state index in [0.717, 1.165) is 30.3 Å². The van der Waals surface area contributed by atoms with Gasteiger partial charge < -0.3 is 79.2 Å². The van der Waals surface area contributed by atoms with Gasteiger partial charge >= 0.3 is 5.97 Å². The topological polar surface area (TPSA) is 296 Å². The lowest BCUT2D eigenvalue weighted by Gasteiger charge is -2.45. The fraction of sp³-hybridized carbons (Fsp3) is 0.333. The highest BCUT2D eigenvalue weighted by Gasteiger charge is 2.51. The number of carbonyl (C=O) groups is 1. The molecule has 18 heteroatoms. The summed E-state index contributed by atoms with van der Waals surface area (Å²) in [6.45, 7) is 0.691. The molecule has 2 aliphatic heterocycles. The lowest BCUT2D eigenvalue weighted by Crippen LogP contribution is -2.64. The van der Waals surface area contributed by atoms with Crippen molar-refractivity contribution in [2.45, 2.75) is 68.3 Å². The smallest absolute Gasteiger partial charge is 0.330 e. The van der Waals surface area contributed by atoms with Crippen molar-refractivity contribution in [1.29, 1.82) is 0 Å². The second-order valence-electron chi connectivity index (χ2n) is 12.6. The lowest BCUT2D eigenvalue weighted by molar-refractivity contribution is -0.355. The zero-order chi connectivity index (χ0) is 39.0. The van der Waals surface area contributed by atoms with E-state index >= 15 is 0 Å². The third kappa shape index (κ3) is 7.77. The maximum Gasteiger partial charge on any atom is 0.330 e. The quantitative estimate of drug-likeness (QED) is 0.0623. The predicted octanol–water partition coefficient (Wildman–Crippen LogP) is 0.283. The van der Waals surface area contributed by atoms with E-state index in [0.29, 0.717) is 5.56 Å². The van der Waals surface area contributed by atoms with Crippen LogP contribution >= 0.6 is 0 Å². The minimum absolute atomic E-state index is 0.0198. The Morgan fingerprint density at radius 3 is 2.19 bits per heavy atom. The monoisotopic (exact) mass is 756 g/mol. The number of phenols is 5. The maximum atomic E-state index is 13.9. The van der Waals surface area contributed by atoms with Crippen molar-refractivity contribution in [2.75, 3.05) is 6.61 Å². The van der Waals surface area contributed by atoms with Gasteiger partial charge in [0.2, 0.25) is 17.5 Å². The number of esters is 1. The second kappa shape index (κ2) is 15.5. The second-order valence-corrected chi connectivity index (χ2v) is 12.6. The standard InChI is InChI=1S/C36H36O18/c1-14-26(43)30(47)34(54-35-31(48)29(46)27(44)23(52-35)13-49-24(42)9-4-15-2-6-17(37)7-3-15)36(50-14)53-33-28(45)25-21(41)11-18(38)12-22(25)51-32(33)16-5-8-19(39)20(40)10-16/h2-12,14,23,26-27,29-31,34-41,43-44,46-48H,13H2,1H3/b9-4-/t14-,23+,26-,27+,29-,30+,31+,34?,35+,36-/m0/s1. The van der Waals surface area contributed by atoms with E-state index < -0.39 is 119 Å². The van der Waals surface area contributed by atoms with Crippen LogP contribution in [0.5, 0.6) is 34.5 Å². The van der Waals surface area contributed by atoms with Gasteiger partial charge in [-0.3, -0.25) is 4.79 Å². The molecule has 2 fully saturated rings. The fourth-order valence-electron chi connectivity index (χ4n) is 5.87. The minimum atomic E-state index is -2.00. The van der Waals surface area contributed by atoms with Crippen LogP contribution < -0.4 is 10.2 Å². The van der Waals surface area contributed by atoms with Gasteiger partial charge in [0.05, 0.1) is 6.10 Å². The summed E-state index contributed by atoms with van der Waals surface area (Å²) in [7, 11) is 0. The van der Waals surface area contributed by atoms with E-state index in [2.05, 4.69) is 0 Å². The molecule has 1 unspecified atom stereocenters. The number of carbonyl (C=O) groups excluding carboxylic acids is 1. The molecule has 2 aliphatic rings. The molecule has 0 bridgehead atoms. The van der Waals surface area contributed by atoms with Crippen LogP contribution in [-0.4, -0.2) is 125 Å². The van der Waals surface area contributed by atoms with Crippen LogP contribution in [0.15, 0.2) is 69.9 Å². The van der Waals surface area contributed by atoms with Gasteiger partial charge in [-0.05, 0) is 48.9 Å². The summed E-state index contributed by atoms with van der Waals surface area (Å²) in [5, 5.41) is 104. The number of ether oxygens (including phenoxy) is 5. The van der Waals surface area contributed by atoms with Gasteiger partial charge in [0.25, 0.3) is 0 Å². The highest BCUT2D eigenvalue weighted by Crippen LogP contribution is 2.40. The van der Waals surface area contributed by atoms with Crippen molar-refractivity contribution in [3.63, 3.8) is 0 Å². The molecule has 0 radical (unpaired) electrons. The van der Waals surface area contributed by atoms with Gasteiger partial charge in [-0.25, -0.2) is 4.79 Å². The van der Waals surface area contributed by atoms with Gasteiger partial charge in [0.15, 0.2) is 29.7 Å². The first-order valence-electron chi connectivity index (χ1n) is 16.3. The molecule has 3 aromatic carbocycles. The van der Waals surface area contributed by atoms with Gasteiger partial charge in [-0.15, -0.1) is 0 Å². The molecule has 3 heterocycles. The number of fused-ring (bicyclic) bond motifs is 1. The molecule has 18 nitrogen and oxygen atoms in total. The highest BCUT2D eigenvalue weighted by atomic mass is 16.8. The number of hydrogen-bond acceptors (Lipinski definition) is 18. The highest BCUT2D eigenvalue weighted by molar-refractivity contribution is 5.88. The molecular formula is C36H36O18. The Kier molecular flexibility index (Phi) is 11.0. The molecule has 10 atom stereocenters. The summed E-state index contributed by atoms with van der Waals surface area (Å²) < 4.78 is 34.2. The van der Waals surface area contributed by atoms with E-state index in [9.17, 15) is 60.7 Å². The first-order valence-corrected chi connectivity index (χ1v) is 16.3. The number of rotatable bonds is 9.